The van der Waals surface area contributed by atoms with Crippen molar-refractivity contribution >= 4 is 12.2 Å². The first-order valence-corrected chi connectivity index (χ1v) is 7.86. The van der Waals surface area contributed by atoms with Gasteiger partial charge in [-0.2, -0.15) is 0 Å². The van der Waals surface area contributed by atoms with Crippen LogP contribution in [0.3, 0.4) is 0 Å². The summed E-state index contributed by atoms with van der Waals surface area (Å²) in [7, 11) is 3.02. The van der Waals surface area contributed by atoms with Gasteiger partial charge in [0.2, 0.25) is 0 Å². The van der Waals surface area contributed by atoms with Crippen molar-refractivity contribution < 1.29 is 23.8 Å². The van der Waals surface area contributed by atoms with Crippen molar-refractivity contribution in [2.75, 3.05) is 14.1 Å². The largest absolute Gasteiger partial charge is 0.442 e. The molecule has 1 aliphatic rings. The van der Waals surface area contributed by atoms with Gasteiger partial charge in [0.25, 0.3) is 0 Å². The lowest BCUT2D eigenvalue weighted by molar-refractivity contribution is -0.0806. The molecule has 0 aromatic heterocycles. The molecule has 0 saturated carbocycles. The van der Waals surface area contributed by atoms with Gasteiger partial charge in [0.1, 0.15) is 12.2 Å². The first-order chi connectivity index (χ1) is 10.7. The Balaban J connectivity index is 2.81. The maximum absolute atomic E-state index is 11.5. The maximum Gasteiger partial charge on any atom is 0.407 e. The fourth-order valence-electron chi connectivity index (χ4n) is 2.34. The predicted octanol–water partition coefficient (Wildman–Crippen LogP) is 2.36. The summed E-state index contributed by atoms with van der Waals surface area (Å²) < 4.78 is 16.7. The van der Waals surface area contributed by atoms with E-state index >= 15 is 0 Å². The van der Waals surface area contributed by atoms with Crippen molar-refractivity contribution in [3.8, 4) is 0 Å². The number of ether oxygens (including phenoxy) is 3. The van der Waals surface area contributed by atoms with Gasteiger partial charge in [0, 0.05) is 20.5 Å². The molecule has 132 valence electrons. The van der Waals surface area contributed by atoms with Gasteiger partial charge >= 0.3 is 12.2 Å². The van der Waals surface area contributed by atoms with Gasteiger partial charge in [0.05, 0.1) is 11.7 Å². The molecule has 1 rings (SSSR count). The first kappa shape index (κ1) is 19.3. The Morgan fingerprint density at radius 1 is 0.957 bits per heavy atom. The van der Waals surface area contributed by atoms with Crippen LogP contribution < -0.4 is 10.6 Å². The lowest BCUT2D eigenvalue weighted by Crippen LogP contribution is -2.35. The van der Waals surface area contributed by atoms with Gasteiger partial charge in [-0.3, -0.25) is 0 Å². The van der Waals surface area contributed by atoms with Gasteiger partial charge in [-0.25, -0.2) is 9.59 Å². The molecule has 1 aliphatic carbocycles. The summed E-state index contributed by atoms with van der Waals surface area (Å²) in [5, 5.41) is 4.86. The Bertz CT molecular complexity index is 431. The molecule has 2 amide bonds. The van der Waals surface area contributed by atoms with Crippen LogP contribution in [0.5, 0.6) is 0 Å². The number of rotatable bonds is 3. The molecule has 0 spiro atoms. The quantitative estimate of drug-likeness (QED) is 0.777. The minimum Gasteiger partial charge on any atom is -0.442 e. The summed E-state index contributed by atoms with van der Waals surface area (Å²) in [4.78, 5) is 22.9. The summed E-state index contributed by atoms with van der Waals surface area (Å²) in [6.07, 6.45) is 3.54. The molecular weight excluding hydrogens is 300 g/mol. The molecule has 0 aromatic carbocycles. The molecular formula is C16H28N2O5. The summed E-state index contributed by atoms with van der Waals surface area (Å²) >= 11 is 0. The van der Waals surface area contributed by atoms with E-state index in [1.165, 1.54) is 14.1 Å². The van der Waals surface area contributed by atoms with E-state index in [0.29, 0.717) is 19.3 Å². The number of alkyl carbamates (subject to hydrolysis) is 2. The predicted molar refractivity (Wildman–Crippen MR) is 86.3 cm³/mol. The first-order valence-electron chi connectivity index (χ1n) is 7.86. The third-order valence-corrected chi connectivity index (χ3v) is 3.25. The Labute approximate surface area is 137 Å². The van der Waals surface area contributed by atoms with E-state index < -0.39 is 18.3 Å². The van der Waals surface area contributed by atoms with E-state index in [1.54, 1.807) is 12.2 Å². The number of amides is 2. The van der Waals surface area contributed by atoms with Crippen LogP contribution in [0.15, 0.2) is 12.2 Å². The fourth-order valence-corrected chi connectivity index (χ4v) is 2.34. The van der Waals surface area contributed by atoms with Crippen LogP contribution in [0.2, 0.25) is 0 Å². The second kappa shape index (κ2) is 8.76. The zero-order valence-corrected chi connectivity index (χ0v) is 14.5. The average Bonchev–Trinajstić information content (AvgIpc) is 2.45. The third-order valence-electron chi connectivity index (χ3n) is 3.25. The molecule has 2 N–H and O–H groups in total. The third kappa shape index (κ3) is 7.88. The van der Waals surface area contributed by atoms with E-state index in [4.69, 9.17) is 14.2 Å². The lowest BCUT2D eigenvalue weighted by Gasteiger charge is -2.31. The normalized spacial score (nSPS) is 26.4. The van der Waals surface area contributed by atoms with E-state index in [9.17, 15) is 9.59 Å². The maximum atomic E-state index is 11.5. The summed E-state index contributed by atoms with van der Waals surface area (Å²) in [6.45, 7) is 5.94. The van der Waals surface area contributed by atoms with E-state index in [2.05, 4.69) is 10.6 Å². The van der Waals surface area contributed by atoms with Crippen LogP contribution >= 0.6 is 0 Å². The number of hydrogen-bond donors (Lipinski definition) is 2. The van der Waals surface area contributed by atoms with Gasteiger partial charge in [-0.05, 0) is 45.8 Å². The molecule has 0 heterocycles. The topological polar surface area (TPSA) is 85.9 Å². The minimum atomic E-state index is -0.501. The highest BCUT2D eigenvalue weighted by atomic mass is 16.6. The van der Waals surface area contributed by atoms with Crippen molar-refractivity contribution in [2.24, 2.45) is 0 Å². The van der Waals surface area contributed by atoms with Crippen molar-refractivity contribution in [3.05, 3.63) is 12.2 Å². The van der Waals surface area contributed by atoms with Crippen molar-refractivity contribution in [1.29, 1.82) is 0 Å². The molecule has 0 saturated heterocycles. The van der Waals surface area contributed by atoms with Crippen molar-refractivity contribution in [1.82, 2.24) is 10.6 Å². The SMILES string of the molecule is CNC(=O)OC1/C=C/C(OC(=O)NC)CC(OC(C)(C)C)CC1. The van der Waals surface area contributed by atoms with Gasteiger partial charge in [-0.1, -0.05) is 0 Å². The molecule has 0 radical (unpaired) electrons. The Morgan fingerprint density at radius 2 is 1.48 bits per heavy atom. The van der Waals surface area contributed by atoms with E-state index in [1.807, 2.05) is 20.8 Å². The van der Waals surface area contributed by atoms with Crippen LogP contribution in [0.1, 0.15) is 40.0 Å². The monoisotopic (exact) mass is 328 g/mol. The van der Waals surface area contributed by atoms with Gasteiger partial charge < -0.3 is 24.8 Å². The van der Waals surface area contributed by atoms with Gasteiger partial charge in [0.15, 0.2) is 0 Å². The van der Waals surface area contributed by atoms with E-state index in [0.717, 1.165) is 0 Å². The molecule has 23 heavy (non-hydrogen) atoms. The number of carbonyl (C=O) groups is 2. The molecule has 0 aliphatic heterocycles. The smallest absolute Gasteiger partial charge is 0.407 e. The second-order valence-electron chi connectivity index (χ2n) is 6.44. The van der Waals surface area contributed by atoms with E-state index in [-0.39, 0.29) is 17.8 Å². The fraction of sp³-hybridized carbons (Fsp3) is 0.750. The van der Waals surface area contributed by atoms with Crippen LogP contribution in [0.25, 0.3) is 0 Å². The zero-order valence-electron chi connectivity index (χ0n) is 14.5. The summed E-state index contributed by atoms with van der Waals surface area (Å²) in [6, 6.07) is 0. The van der Waals surface area contributed by atoms with Crippen LogP contribution in [0.4, 0.5) is 9.59 Å². The van der Waals surface area contributed by atoms with Crippen molar-refractivity contribution in [2.45, 2.75) is 63.9 Å². The number of hydrogen-bond acceptors (Lipinski definition) is 5. The summed E-state index contributed by atoms with van der Waals surface area (Å²) in [5.74, 6) is 0. The van der Waals surface area contributed by atoms with Gasteiger partial charge in [-0.15, -0.1) is 0 Å². The van der Waals surface area contributed by atoms with Crippen LogP contribution in [0, 0.1) is 0 Å². The molecule has 0 bridgehead atoms. The molecule has 3 unspecified atom stereocenters. The Kier molecular flexibility index (Phi) is 7.35. The molecule has 3 atom stereocenters. The minimum absolute atomic E-state index is 0.0922. The summed E-state index contributed by atoms with van der Waals surface area (Å²) in [5.41, 5.74) is -0.303. The highest BCUT2D eigenvalue weighted by Crippen LogP contribution is 2.24. The standard InChI is InChI=1S/C16H28N2O5/c1-16(2,3)23-13-9-7-11(21-14(19)17-4)6-8-12(10-13)22-15(20)18-5/h6,8,11-13H,7,9-10H2,1-5H3,(H,17,19)(H,18,20)/b8-6+. The lowest BCUT2D eigenvalue weighted by atomic mass is 9.98. The number of nitrogens with one attached hydrogen (secondary N) is 2. The molecule has 0 fully saturated rings. The molecule has 0 aromatic rings. The van der Waals surface area contributed by atoms with Crippen LogP contribution in [-0.4, -0.2) is 50.2 Å². The number of carbonyl (C=O) groups excluding carboxylic acids is 2. The zero-order chi connectivity index (χ0) is 17.5. The molecule has 7 nitrogen and oxygen atoms in total. The Morgan fingerprint density at radius 3 is 2.00 bits per heavy atom. The second-order valence-corrected chi connectivity index (χ2v) is 6.44. The van der Waals surface area contributed by atoms with Crippen molar-refractivity contribution in [3.63, 3.8) is 0 Å². The highest BCUT2D eigenvalue weighted by molar-refractivity contribution is 5.67. The average molecular weight is 328 g/mol. The Hall–Kier alpha value is -1.76. The van der Waals surface area contributed by atoms with Crippen LogP contribution in [-0.2, 0) is 14.2 Å². The highest BCUT2D eigenvalue weighted by Gasteiger charge is 2.27. The molecule has 7 heteroatoms.